The summed E-state index contributed by atoms with van der Waals surface area (Å²) in [6, 6.07) is 6.01. The highest BCUT2D eigenvalue weighted by molar-refractivity contribution is 6.31. The Labute approximate surface area is 109 Å². The van der Waals surface area contributed by atoms with Gasteiger partial charge in [-0.05, 0) is 26.0 Å². The zero-order chi connectivity index (χ0) is 13.3. The van der Waals surface area contributed by atoms with Gasteiger partial charge >= 0.3 is 5.63 Å². The molecule has 0 bridgehead atoms. The highest BCUT2D eigenvalue weighted by atomic mass is 35.5. The normalized spacial score (nSPS) is 10.9. The van der Waals surface area contributed by atoms with Gasteiger partial charge in [-0.2, -0.15) is 0 Å². The van der Waals surface area contributed by atoms with Gasteiger partial charge in [0.2, 0.25) is 0 Å². The van der Waals surface area contributed by atoms with Crippen molar-refractivity contribution in [3.8, 4) is 0 Å². The summed E-state index contributed by atoms with van der Waals surface area (Å²) in [6.45, 7) is 3.70. The largest absolute Gasteiger partial charge is 0.423 e. The van der Waals surface area contributed by atoms with Crippen molar-refractivity contribution in [2.75, 3.05) is 0 Å². The molecule has 5 heteroatoms. The third-order valence-electron chi connectivity index (χ3n) is 2.37. The van der Waals surface area contributed by atoms with Crippen molar-refractivity contribution >= 4 is 28.5 Å². The average Bonchev–Trinajstić information content (AvgIpc) is 2.26. The van der Waals surface area contributed by atoms with Crippen LogP contribution >= 0.6 is 11.6 Å². The van der Waals surface area contributed by atoms with Crippen molar-refractivity contribution in [3.05, 3.63) is 45.3 Å². The van der Waals surface area contributed by atoms with Crippen molar-refractivity contribution < 1.29 is 9.21 Å². The van der Waals surface area contributed by atoms with Crippen LogP contribution in [0.2, 0.25) is 5.02 Å². The number of hydrogen-bond donors (Lipinski definition) is 1. The van der Waals surface area contributed by atoms with Gasteiger partial charge in [-0.15, -0.1) is 0 Å². The van der Waals surface area contributed by atoms with Crippen LogP contribution in [0.5, 0.6) is 0 Å². The number of nitrogens with one attached hydrogen (secondary N) is 1. The summed E-state index contributed by atoms with van der Waals surface area (Å²) in [5.41, 5.74) is 0.0363. The maximum absolute atomic E-state index is 12.0. The first-order valence-electron chi connectivity index (χ1n) is 5.51. The van der Waals surface area contributed by atoms with E-state index < -0.39 is 5.63 Å². The van der Waals surface area contributed by atoms with Gasteiger partial charge in [-0.25, -0.2) is 4.79 Å². The molecule has 4 nitrogen and oxygen atoms in total. The third kappa shape index (κ3) is 2.54. The number of rotatable bonds is 2. The molecule has 2 aromatic rings. The first-order valence-corrected chi connectivity index (χ1v) is 5.89. The number of carbonyl (C=O) groups excluding carboxylic acids is 1. The van der Waals surface area contributed by atoms with E-state index in [9.17, 15) is 9.59 Å². The van der Waals surface area contributed by atoms with E-state index in [0.717, 1.165) is 0 Å². The molecule has 0 saturated carbocycles. The predicted molar refractivity (Wildman–Crippen MR) is 70.1 cm³/mol. The topological polar surface area (TPSA) is 59.3 Å². The molecule has 0 fully saturated rings. The van der Waals surface area contributed by atoms with E-state index in [1.54, 1.807) is 12.1 Å². The monoisotopic (exact) mass is 265 g/mol. The van der Waals surface area contributed by atoms with Crippen LogP contribution in [0.25, 0.3) is 11.0 Å². The third-order valence-corrected chi connectivity index (χ3v) is 2.61. The predicted octanol–water partition coefficient (Wildman–Crippen LogP) is 2.58. The molecule has 0 atom stereocenters. The zero-order valence-electron chi connectivity index (χ0n) is 9.99. The van der Waals surface area contributed by atoms with E-state index in [-0.39, 0.29) is 11.9 Å². The van der Waals surface area contributed by atoms with E-state index in [4.69, 9.17) is 16.0 Å². The molecule has 0 aliphatic heterocycles. The molecule has 1 heterocycles. The Hall–Kier alpha value is -1.81. The lowest BCUT2D eigenvalue weighted by atomic mass is 10.1. The molecular weight excluding hydrogens is 254 g/mol. The number of halogens is 1. The Bertz CT molecular complexity index is 661. The van der Waals surface area contributed by atoms with Crippen molar-refractivity contribution in [2.24, 2.45) is 0 Å². The average molecular weight is 266 g/mol. The number of amides is 1. The summed E-state index contributed by atoms with van der Waals surface area (Å²) in [5.74, 6) is -0.301. The number of hydrogen-bond acceptors (Lipinski definition) is 3. The second kappa shape index (κ2) is 4.82. The number of carbonyl (C=O) groups is 1. The van der Waals surface area contributed by atoms with Crippen molar-refractivity contribution in [3.63, 3.8) is 0 Å². The minimum atomic E-state index is -0.571. The highest BCUT2D eigenvalue weighted by Crippen LogP contribution is 2.21. The van der Waals surface area contributed by atoms with Crippen molar-refractivity contribution in [2.45, 2.75) is 19.9 Å². The molecule has 2 rings (SSSR count). The van der Waals surface area contributed by atoms with Gasteiger partial charge < -0.3 is 9.73 Å². The van der Waals surface area contributed by atoms with Crippen LogP contribution in [-0.4, -0.2) is 11.9 Å². The smallest absolute Gasteiger partial charge is 0.337 e. The molecule has 0 spiro atoms. The van der Waals surface area contributed by atoms with E-state index in [0.29, 0.717) is 21.6 Å². The maximum atomic E-state index is 12.0. The molecule has 1 aromatic carbocycles. The Morgan fingerprint density at radius 2 is 2.06 bits per heavy atom. The minimum Gasteiger partial charge on any atom is -0.423 e. The molecule has 1 amide bonds. The maximum Gasteiger partial charge on any atom is 0.337 e. The van der Waals surface area contributed by atoms with Gasteiger partial charge in [-0.3, -0.25) is 4.79 Å². The molecule has 0 aliphatic rings. The van der Waals surface area contributed by atoms with E-state index in [1.165, 1.54) is 12.1 Å². The summed E-state index contributed by atoms with van der Waals surface area (Å²) in [5, 5.41) is 3.76. The van der Waals surface area contributed by atoms with Gasteiger partial charge in [-0.1, -0.05) is 11.6 Å². The molecule has 18 heavy (non-hydrogen) atoms. The summed E-state index contributed by atoms with van der Waals surface area (Å²) in [7, 11) is 0. The van der Waals surface area contributed by atoms with E-state index in [1.807, 2.05) is 13.8 Å². The van der Waals surface area contributed by atoms with Crippen LogP contribution in [-0.2, 0) is 0 Å². The molecule has 0 unspecified atom stereocenters. The summed E-state index contributed by atoms with van der Waals surface area (Å²) in [4.78, 5) is 23.4. The molecule has 0 aliphatic carbocycles. The van der Waals surface area contributed by atoms with Crippen molar-refractivity contribution in [1.82, 2.24) is 5.32 Å². The fraction of sp³-hybridized carbons (Fsp3) is 0.231. The van der Waals surface area contributed by atoms with Gasteiger partial charge in [0.05, 0.1) is 5.56 Å². The van der Waals surface area contributed by atoms with Crippen LogP contribution in [0.1, 0.15) is 24.2 Å². The van der Waals surface area contributed by atoms with E-state index >= 15 is 0 Å². The van der Waals surface area contributed by atoms with Gasteiger partial charge in [0, 0.05) is 28.6 Å². The van der Waals surface area contributed by atoms with Crippen molar-refractivity contribution in [1.29, 1.82) is 0 Å². The van der Waals surface area contributed by atoms with Crippen LogP contribution in [0.15, 0.2) is 33.5 Å². The Morgan fingerprint density at radius 3 is 2.72 bits per heavy atom. The first-order chi connectivity index (χ1) is 8.47. The molecule has 0 saturated heterocycles. The summed E-state index contributed by atoms with van der Waals surface area (Å²) < 4.78 is 5.02. The molecular formula is C13H12ClNO3. The van der Waals surface area contributed by atoms with Crippen LogP contribution in [0.3, 0.4) is 0 Å². The number of fused-ring (bicyclic) bond motifs is 1. The number of benzene rings is 1. The second-order valence-corrected chi connectivity index (χ2v) is 4.68. The van der Waals surface area contributed by atoms with Crippen LogP contribution in [0, 0.1) is 0 Å². The lowest BCUT2D eigenvalue weighted by molar-refractivity contribution is 0.0944. The SMILES string of the molecule is CC(C)NC(=O)c1cc(=O)oc2cc(Cl)ccc12. The standard InChI is InChI=1S/C13H12ClNO3/c1-7(2)15-13(17)10-6-12(16)18-11-5-8(14)3-4-9(10)11/h3-7H,1-2H3,(H,15,17). The van der Waals surface area contributed by atoms with Gasteiger partial charge in [0.15, 0.2) is 0 Å². The lowest BCUT2D eigenvalue weighted by Crippen LogP contribution is -2.30. The highest BCUT2D eigenvalue weighted by Gasteiger charge is 2.13. The minimum absolute atomic E-state index is 0.00732. The van der Waals surface area contributed by atoms with E-state index in [2.05, 4.69) is 5.32 Å². The lowest BCUT2D eigenvalue weighted by Gasteiger charge is -2.09. The Kier molecular flexibility index (Phi) is 3.39. The fourth-order valence-electron chi connectivity index (χ4n) is 1.66. The van der Waals surface area contributed by atoms with Crippen LogP contribution in [0.4, 0.5) is 0 Å². The second-order valence-electron chi connectivity index (χ2n) is 4.25. The van der Waals surface area contributed by atoms with Gasteiger partial charge in [0.1, 0.15) is 5.58 Å². The van der Waals surface area contributed by atoms with Crippen LogP contribution < -0.4 is 10.9 Å². The summed E-state index contributed by atoms with van der Waals surface area (Å²) in [6.07, 6.45) is 0. The zero-order valence-corrected chi connectivity index (χ0v) is 10.7. The van der Waals surface area contributed by atoms with Gasteiger partial charge in [0.25, 0.3) is 5.91 Å². The Balaban J connectivity index is 2.63. The fourth-order valence-corrected chi connectivity index (χ4v) is 1.83. The molecule has 1 aromatic heterocycles. The molecule has 1 N–H and O–H groups in total. The quantitative estimate of drug-likeness (QED) is 0.849. The summed E-state index contributed by atoms with van der Waals surface area (Å²) >= 11 is 5.82. The first kappa shape index (κ1) is 12.6. The Morgan fingerprint density at radius 1 is 1.33 bits per heavy atom. The molecule has 94 valence electrons. The molecule has 0 radical (unpaired) electrons.